The first-order valence-corrected chi connectivity index (χ1v) is 7.39. The van der Waals surface area contributed by atoms with E-state index in [1.807, 2.05) is 0 Å². The molecule has 0 bridgehead atoms. The van der Waals surface area contributed by atoms with Crippen LogP contribution in [0.3, 0.4) is 0 Å². The van der Waals surface area contributed by atoms with Crippen LogP contribution in [0, 0.1) is 0 Å². The molecular formula is C13H17BrCl2N2O4. The van der Waals surface area contributed by atoms with E-state index >= 15 is 0 Å². The van der Waals surface area contributed by atoms with Crippen molar-refractivity contribution in [3.8, 4) is 5.75 Å². The molecule has 0 aromatic heterocycles. The van der Waals surface area contributed by atoms with Gasteiger partial charge in [0.15, 0.2) is 0 Å². The van der Waals surface area contributed by atoms with E-state index in [2.05, 4.69) is 21.2 Å². The SMILES string of the molecule is CCOC(=O)C[C@@H](NC(=O)CN)c1cc(Br)cc(Cl)c1O.Cl. The van der Waals surface area contributed by atoms with Crippen molar-refractivity contribution in [1.82, 2.24) is 5.32 Å². The molecule has 4 N–H and O–H groups in total. The van der Waals surface area contributed by atoms with Gasteiger partial charge in [-0.25, -0.2) is 0 Å². The van der Waals surface area contributed by atoms with Crippen LogP contribution in [0.15, 0.2) is 16.6 Å². The number of hydrogen-bond acceptors (Lipinski definition) is 5. The Morgan fingerprint density at radius 1 is 1.50 bits per heavy atom. The van der Waals surface area contributed by atoms with Gasteiger partial charge in [-0.15, -0.1) is 12.4 Å². The number of aromatic hydroxyl groups is 1. The first-order valence-electron chi connectivity index (χ1n) is 6.22. The van der Waals surface area contributed by atoms with Crippen molar-refractivity contribution in [2.75, 3.05) is 13.2 Å². The molecule has 0 fully saturated rings. The lowest BCUT2D eigenvalue weighted by Crippen LogP contribution is -2.35. The molecule has 1 rings (SSSR count). The number of rotatable bonds is 6. The Bertz CT molecular complexity index is 543. The summed E-state index contributed by atoms with van der Waals surface area (Å²) in [4.78, 5) is 23.1. The average molecular weight is 416 g/mol. The third kappa shape index (κ3) is 6.00. The Balaban J connectivity index is 0.00000441. The van der Waals surface area contributed by atoms with Crippen molar-refractivity contribution in [2.24, 2.45) is 5.73 Å². The molecule has 9 heteroatoms. The van der Waals surface area contributed by atoms with Gasteiger partial charge >= 0.3 is 5.97 Å². The highest BCUT2D eigenvalue weighted by Gasteiger charge is 2.23. The maximum absolute atomic E-state index is 11.6. The van der Waals surface area contributed by atoms with Gasteiger partial charge in [0, 0.05) is 10.0 Å². The number of amides is 1. The molecule has 1 aromatic rings. The lowest BCUT2D eigenvalue weighted by molar-refractivity contribution is -0.143. The van der Waals surface area contributed by atoms with Gasteiger partial charge in [0.05, 0.1) is 30.6 Å². The van der Waals surface area contributed by atoms with E-state index in [1.54, 1.807) is 13.0 Å². The van der Waals surface area contributed by atoms with Crippen LogP contribution >= 0.6 is 39.9 Å². The van der Waals surface area contributed by atoms with Crippen LogP contribution in [0.1, 0.15) is 24.9 Å². The minimum Gasteiger partial charge on any atom is -0.506 e. The normalized spacial score (nSPS) is 11.3. The Morgan fingerprint density at radius 3 is 2.68 bits per heavy atom. The predicted octanol–water partition coefficient (Wildman–Crippen LogP) is 2.30. The number of benzene rings is 1. The summed E-state index contributed by atoms with van der Waals surface area (Å²) < 4.78 is 5.47. The highest BCUT2D eigenvalue weighted by Crippen LogP contribution is 2.36. The topological polar surface area (TPSA) is 102 Å². The third-order valence-electron chi connectivity index (χ3n) is 2.63. The zero-order valence-electron chi connectivity index (χ0n) is 11.8. The molecule has 0 aliphatic rings. The fourth-order valence-corrected chi connectivity index (χ4v) is 2.56. The molecule has 0 heterocycles. The van der Waals surface area contributed by atoms with Crippen LogP contribution in [0.25, 0.3) is 0 Å². The minimum atomic E-state index is -0.782. The molecule has 0 aliphatic heterocycles. The van der Waals surface area contributed by atoms with Crippen LogP contribution in [0.2, 0.25) is 5.02 Å². The molecule has 1 amide bonds. The van der Waals surface area contributed by atoms with E-state index in [9.17, 15) is 14.7 Å². The van der Waals surface area contributed by atoms with E-state index in [0.717, 1.165) is 0 Å². The summed E-state index contributed by atoms with van der Waals surface area (Å²) in [5.41, 5.74) is 5.57. The van der Waals surface area contributed by atoms with E-state index in [1.165, 1.54) is 6.07 Å². The average Bonchev–Trinajstić information content (AvgIpc) is 2.42. The van der Waals surface area contributed by atoms with Crippen molar-refractivity contribution >= 4 is 51.8 Å². The number of esters is 1. The van der Waals surface area contributed by atoms with Crippen LogP contribution in [0.5, 0.6) is 5.75 Å². The Kier molecular flexibility index (Phi) is 9.43. The van der Waals surface area contributed by atoms with Crippen molar-refractivity contribution in [2.45, 2.75) is 19.4 Å². The van der Waals surface area contributed by atoms with Gasteiger partial charge in [-0.1, -0.05) is 27.5 Å². The summed E-state index contributed by atoms with van der Waals surface area (Å²) in [6.45, 7) is 1.67. The molecule has 1 aromatic carbocycles. The van der Waals surface area contributed by atoms with Gasteiger partial charge in [-0.05, 0) is 19.1 Å². The molecule has 0 saturated heterocycles. The number of halogens is 3. The highest BCUT2D eigenvalue weighted by molar-refractivity contribution is 9.10. The fourth-order valence-electron chi connectivity index (χ4n) is 1.73. The molecule has 124 valence electrons. The summed E-state index contributed by atoms with van der Waals surface area (Å²) in [5.74, 6) is -1.17. The lowest BCUT2D eigenvalue weighted by atomic mass is 10.0. The predicted molar refractivity (Wildman–Crippen MR) is 89.3 cm³/mol. The van der Waals surface area contributed by atoms with Crippen molar-refractivity contribution in [1.29, 1.82) is 0 Å². The number of phenolic OH excluding ortho intramolecular Hbond substituents is 1. The smallest absolute Gasteiger partial charge is 0.308 e. The monoisotopic (exact) mass is 414 g/mol. The summed E-state index contributed by atoms with van der Waals surface area (Å²) >= 11 is 9.14. The Labute approximate surface area is 147 Å². The van der Waals surface area contributed by atoms with E-state index in [-0.39, 0.29) is 42.8 Å². The zero-order valence-corrected chi connectivity index (χ0v) is 14.9. The van der Waals surface area contributed by atoms with Crippen LogP contribution in [-0.4, -0.2) is 30.1 Å². The summed E-state index contributed by atoms with van der Waals surface area (Å²) in [7, 11) is 0. The molecular weight excluding hydrogens is 399 g/mol. The zero-order chi connectivity index (χ0) is 16.0. The number of hydrogen-bond donors (Lipinski definition) is 3. The summed E-state index contributed by atoms with van der Waals surface area (Å²) in [6, 6.07) is 2.30. The van der Waals surface area contributed by atoms with Crippen molar-refractivity contribution in [3.63, 3.8) is 0 Å². The maximum atomic E-state index is 11.6. The Hall–Kier alpha value is -1.02. The van der Waals surface area contributed by atoms with Gasteiger partial charge in [0.25, 0.3) is 0 Å². The third-order valence-corrected chi connectivity index (χ3v) is 3.38. The number of carbonyl (C=O) groups excluding carboxylic acids is 2. The molecule has 0 saturated carbocycles. The molecule has 1 atom stereocenters. The van der Waals surface area contributed by atoms with Crippen LogP contribution in [0.4, 0.5) is 0 Å². The molecule has 0 spiro atoms. The van der Waals surface area contributed by atoms with Gasteiger partial charge < -0.3 is 20.9 Å². The quantitative estimate of drug-likeness (QED) is 0.618. The van der Waals surface area contributed by atoms with Gasteiger partial charge in [0.1, 0.15) is 5.75 Å². The second-order valence-electron chi connectivity index (χ2n) is 4.16. The number of ether oxygens (including phenoxy) is 1. The van der Waals surface area contributed by atoms with Crippen LogP contribution in [-0.2, 0) is 14.3 Å². The fraction of sp³-hybridized carbons (Fsp3) is 0.385. The summed E-state index contributed by atoms with van der Waals surface area (Å²) in [5, 5.41) is 12.7. The largest absolute Gasteiger partial charge is 0.506 e. The van der Waals surface area contributed by atoms with E-state index < -0.39 is 17.9 Å². The highest BCUT2D eigenvalue weighted by atomic mass is 79.9. The first kappa shape index (κ1) is 21.0. The summed E-state index contributed by atoms with van der Waals surface area (Å²) in [6.07, 6.45) is -0.139. The van der Waals surface area contributed by atoms with E-state index in [0.29, 0.717) is 10.0 Å². The second kappa shape index (κ2) is 9.89. The van der Waals surface area contributed by atoms with Gasteiger partial charge in [-0.3, -0.25) is 9.59 Å². The van der Waals surface area contributed by atoms with E-state index in [4.69, 9.17) is 22.1 Å². The molecule has 6 nitrogen and oxygen atoms in total. The standard InChI is InChI=1S/C13H16BrClN2O4.ClH/c1-2-21-12(19)5-10(17-11(18)6-16)8-3-7(14)4-9(15)13(8)20;/h3-4,10,20H,2,5-6,16H2,1H3,(H,17,18);1H/t10-;/m1./s1. The molecule has 0 radical (unpaired) electrons. The van der Waals surface area contributed by atoms with Gasteiger partial charge in [0.2, 0.25) is 5.91 Å². The molecule has 22 heavy (non-hydrogen) atoms. The van der Waals surface area contributed by atoms with Crippen LogP contribution < -0.4 is 11.1 Å². The van der Waals surface area contributed by atoms with Gasteiger partial charge in [-0.2, -0.15) is 0 Å². The Morgan fingerprint density at radius 2 is 2.14 bits per heavy atom. The molecule has 0 unspecified atom stereocenters. The van der Waals surface area contributed by atoms with Crippen molar-refractivity contribution in [3.05, 3.63) is 27.2 Å². The minimum absolute atomic E-state index is 0. The van der Waals surface area contributed by atoms with Crippen molar-refractivity contribution < 1.29 is 19.4 Å². The number of nitrogens with two attached hydrogens (primary N) is 1. The molecule has 0 aliphatic carbocycles. The second-order valence-corrected chi connectivity index (χ2v) is 5.48. The number of phenols is 1. The number of nitrogens with one attached hydrogen (secondary N) is 1. The maximum Gasteiger partial charge on any atom is 0.308 e. The first-order chi connectivity index (χ1) is 9.88. The lowest BCUT2D eigenvalue weighted by Gasteiger charge is -2.20. The number of carbonyl (C=O) groups is 2.